The van der Waals surface area contributed by atoms with Gasteiger partial charge in [-0.15, -0.1) is 0 Å². The van der Waals surface area contributed by atoms with Crippen LogP contribution in [0.1, 0.15) is 18.2 Å². The Morgan fingerprint density at radius 1 is 1.38 bits per heavy atom. The van der Waals surface area contributed by atoms with Gasteiger partial charge in [0.1, 0.15) is 17.9 Å². The second-order valence-electron chi connectivity index (χ2n) is 7.12. The van der Waals surface area contributed by atoms with Crippen LogP contribution in [0, 0.1) is 18.3 Å². The molecular formula is C20H25N7O2. The van der Waals surface area contributed by atoms with Crippen LogP contribution in [0.4, 0.5) is 16.3 Å². The summed E-state index contributed by atoms with van der Waals surface area (Å²) < 4.78 is 6.17. The summed E-state index contributed by atoms with van der Waals surface area (Å²) in [6.45, 7) is 6.79. The van der Waals surface area contributed by atoms with Crippen molar-refractivity contribution in [3.8, 4) is 11.8 Å². The summed E-state index contributed by atoms with van der Waals surface area (Å²) in [7, 11) is 2.09. The first-order valence-corrected chi connectivity index (χ1v) is 9.44. The number of aromatic nitrogens is 2. The molecule has 152 valence electrons. The first kappa shape index (κ1) is 20.5. The standard InChI is InChI=1S/C20H25N7O2/c1-13-4-5-18(29-14(2)17-12-27(3)7-6-22-17)16(8-13)25-20(28)26-19-11-23-15(9-21)10-24-19/h4-5,8,10-11,14,17,22H,6-7,12H2,1-3H3,(H2,24,25,26,28). The number of nitrogens with one attached hydrogen (secondary N) is 3. The van der Waals surface area contributed by atoms with Gasteiger partial charge in [0, 0.05) is 19.6 Å². The highest BCUT2D eigenvalue weighted by molar-refractivity contribution is 6.00. The molecule has 0 aliphatic carbocycles. The lowest BCUT2D eigenvalue weighted by atomic mass is 10.1. The molecule has 1 aliphatic heterocycles. The number of ether oxygens (including phenoxy) is 1. The summed E-state index contributed by atoms with van der Waals surface area (Å²) >= 11 is 0. The van der Waals surface area contributed by atoms with Gasteiger partial charge in [-0.25, -0.2) is 14.8 Å². The first-order valence-electron chi connectivity index (χ1n) is 9.44. The zero-order valence-electron chi connectivity index (χ0n) is 16.8. The maximum Gasteiger partial charge on any atom is 0.324 e. The van der Waals surface area contributed by atoms with E-state index in [-0.39, 0.29) is 23.7 Å². The minimum atomic E-state index is -0.470. The van der Waals surface area contributed by atoms with Gasteiger partial charge in [0.2, 0.25) is 0 Å². The van der Waals surface area contributed by atoms with Crippen molar-refractivity contribution < 1.29 is 9.53 Å². The van der Waals surface area contributed by atoms with E-state index in [2.05, 4.69) is 37.9 Å². The number of amides is 2. The Balaban J connectivity index is 1.67. The van der Waals surface area contributed by atoms with Crippen molar-refractivity contribution in [1.29, 1.82) is 5.26 Å². The Hall–Kier alpha value is -3.22. The van der Waals surface area contributed by atoms with Gasteiger partial charge in [-0.3, -0.25) is 5.32 Å². The number of benzene rings is 1. The lowest BCUT2D eigenvalue weighted by molar-refractivity contribution is 0.121. The molecule has 3 N–H and O–H groups in total. The summed E-state index contributed by atoms with van der Waals surface area (Å²) in [6.07, 6.45) is 2.56. The molecule has 2 heterocycles. The number of piperazine rings is 1. The molecule has 0 saturated carbocycles. The highest BCUT2D eigenvalue weighted by Crippen LogP contribution is 2.27. The highest BCUT2D eigenvalue weighted by Gasteiger charge is 2.24. The van der Waals surface area contributed by atoms with Crippen molar-refractivity contribution in [2.45, 2.75) is 26.0 Å². The van der Waals surface area contributed by atoms with E-state index in [0.717, 1.165) is 25.2 Å². The lowest BCUT2D eigenvalue weighted by Crippen LogP contribution is -2.55. The van der Waals surface area contributed by atoms with E-state index in [1.165, 1.54) is 12.4 Å². The Morgan fingerprint density at radius 2 is 2.21 bits per heavy atom. The third-order valence-electron chi connectivity index (χ3n) is 4.68. The van der Waals surface area contributed by atoms with E-state index in [0.29, 0.717) is 11.4 Å². The average Bonchev–Trinajstić information content (AvgIpc) is 2.70. The fourth-order valence-electron chi connectivity index (χ4n) is 3.09. The number of likely N-dealkylation sites (N-methyl/N-ethyl adjacent to an activating group) is 1. The van der Waals surface area contributed by atoms with Crippen molar-refractivity contribution in [3.63, 3.8) is 0 Å². The largest absolute Gasteiger partial charge is 0.487 e. The molecule has 2 atom stereocenters. The molecule has 0 radical (unpaired) electrons. The molecule has 2 amide bonds. The predicted molar refractivity (Wildman–Crippen MR) is 110 cm³/mol. The van der Waals surface area contributed by atoms with Crippen LogP contribution in [-0.2, 0) is 0 Å². The molecule has 1 fully saturated rings. The average molecular weight is 395 g/mol. The van der Waals surface area contributed by atoms with Crippen molar-refractivity contribution in [3.05, 3.63) is 41.9 Å². The Labute approximate surface area is 170 Å². The topological polar surface area (TPSA) is 115 Å². The summed E-state index contributed by atoms with van der Waals surface area (Å²) in [5.41, 5.74) is 1.75. The molecule has 1 aromatic heterocycles. The minimum absolute atomic E-state index is 0.0755. The molecule has 2 unspecified atom stereocenters. The van der Waals surface area contributed by atoms with Crippen LogP contribution in [-0.4, -0.2) is 59.7 Å². The number of anilines is 2. The van der Waals surface area contributed by atoms with Crippen LogP contribution < -0.4 is 20.7 Å². The third-order valence-corrected chi connectivity index (χ3v) is 4.68. The van der Waals surface area contributed by atoms with Crippen LogP contribution >= 0.6 is 0 Å². The van der Waals surface area contributed by atoms with Gasteiger partial charge in [-0.2, -0.15) is 5.26 Å². The number of hydrogen-bond donors (Lipinski definition) is 3. The van der Waals surface area contributed by atoms with E-state index in [1.807, 2.05) is 38.1 Å². The van der Waals surface area contributed by atoms with Crippen LogP contribution in [0.15, 0.2) is 30.6 Å². The monoisotopic (exact) mass is 395 g/mol. The van der Waals surface area contributed by atoms with Gasteiger partial charge in [-0.1, -0.05) is 6.07 Å². The number of hydrogen-bond acceptors (Lipinski definition) is 7. The number of nitrogens with zero attached hydrogens (tertiary/aromatic N) is 4. The molecule has 2 aromatic rings. The number of rotatable bonds is 5. The van der Waals surface area contributed by atoms with Crippen molar-refractivity contribution in [2.75, 3.05) is 37.3 Å². The Kier molecular flexibility index (Phi) is 6.59. The maximum absolute atomic E-state index is 12.4. The quantitative estimate of drug-likeness (QED) is 0.709. The Morgan fingerprint density at radius 3 is 2.90 bits per heavy atom. The van der Waals surface area contributed by atoms with Gasteiger partial charge in [-0.05, 0) is 38.6 Å². The molecule has 0 spiro atoms. The molecule has 1 aliphatic rings. The van der Waals surface area contributed by atoms with Crippen molar-refractivity contribution in [1.82, 2.24) is 20.2 Å². The van der Waals surface area contributed by atoms with E-state index < -0.39 is 6.03 Å². The van der Waals surface area contributed by atoms with E-state index in [9.17, 15) is 4.79 Å². The minimum Gasteiger partial charge on any atom is -0.487 e. The second-order valence-corrected chi connectivity index (χ2v) is 7.12. The van der Waals surface area contributed by atoms with Crippen molar-refractivity contribution in [2.24, 2.45) is 0 Å². The number of nitriles is 1. The van der Waals surface area contributed by atoms with Crippen molar-refractivity contribution >= 4 is 17.5 Å². The molecular weight excluding hydrogens is 370 g/mol. The molecule has 9 nitrogen and oxygen atoms in total. The normalized spacial score (nSPS) is 17.8. The lowest BCUT2D eigenvalue weighted by Gasteiger charge is -2.34. The van der Waals surface area contributed by atoms with Crippen LogP contribution in [0.3, 0.4) is 0 Å². The van der Waals surface area contributed by atoms with E-state index >= 15 is 0 Å². The van der Waals surface area contributed by atoms with Gasteiger partial charge in [0.25, 0.3) is 0 Å². The number of urea groups is 1. The SMILES string of the molecule is Cc1ccc(OC(C)C2CN(C)CCN2)c(NC(=O)Nc2cnc(C#N)cn2)c1. The smallest absolute Gasteiger partial charge is 0.324 e. The molecule has 1 aromatic carbocycles. The fraction of sp³-hybridized carbons (Fsp3) is 0.400. The number of aryl methyl sites for hydroxylation is 1. The summed E-state index contributed by atoms with van der Waals surface area (Å²) in [6, 6.07) is 7.26. The number of carbonyl (C=O) groups excluding carboxylic acids is 1. The third kappa shape index (κ3) is 5.63. The Bertz CT molecular complexity index is 895. The zero-order chi connectivity index (χ0) is 20.8. The number of carbonyl (C=O) groups is 1. The van der Waals surface area contributed by atoms with E-state index in [4.69, 9.17) is 10.00 Å². The summed E-state index contributed by atoms with van der Waals surface area (Å²) in [5.74, 6) is 0.846. The molecule has 0 bridgehead atoms. The molecule has 3 rings (SSSR count). The van der Waals surface area contributed by atoms with Crippen LogP contribution in [0.5, 0.6) is 5.75 Å². The van der Waals surface area contributed by atoms with Gasteiger partial charge in [0.05, 0.1) is 24.1 Å². The fourth-order valence-corrected chi connectivity index (χ4v) is 3.09. The highest BCUT2D eigenvalue weighted by atomic mass is 16.5. The first-order chi connectivity index (χ1) is 13.9. The van der Waals surface area contributed by atoms with Gasteiger partial charge < -0.3 is 20.3 Å². The molecule has 9 heteroatoms. The van der Waals surface area contributed by atoms with E-state index in [1.54, 1.807) is 0 Å². The molecule has 1 saturated heterocycles. The second kappa shape index (κ2) is 9.32. The van der Waals surface area contributed by atoms with Crippen LogP contribution in [0.2, 0.25) is 0 Å². The van der Waals surface area contributed by atoms with Gasteiger partial charge >= 0.3 is 6.03 Å². The maximum atomic E-state index is 12.4. The summed E-state index contributed by atoms with van der Waals surface area (Å²) in [4.78, 5) is 22.5. The summed E-state index contributed by atoms with van der Waals surface area (Å²) in [5, 5.41) is 17.7. The zero-order valence-corrected chi connectivity index (χ0v) is 16.8. The van der Waals surface area contributed by atoms with Crippen LogP contribution in [0.25, 0.3) is 0 Å². The molecule has 29 heavy (non-hydrogen) atoms. The predicted octanol–water partition coefficient (Wildman–Crippen LogP) is 1.97. The van der Waals surface area contributed by atoms with Gasteiger partial charge in [0.15, 0.2) is 11.5 Å².